The van der Waals surface area contributed by atoms with Crippen molar-refractivity contribution in [3.05, 3.63) is 40.8 Å². The maximum Gasteiger partial charge on any atom is 0.308 e. The van der Waals surface area contributed by atoms with E-state index >= 15 is 0 Å². The number of esters is 1. The molecule has 2 rings (SSSR count). The fourth-order valence-corrected chi connectivity index (χ4v) is 2.17. The van der Waals surface area contributed by atoms with Gasteiger partial charge in [-0.15, -0.1) is 0 Å². The molecule has 0 unspecified atom stereocenters. The molecule has 0 bridgehead atoms. The first-order chi connectivity index (χ1) is 9.85. The van der Waals surface area contributed by atoms with Gasteiger partial charge in [0.1, 0.15) is 17.1 Å². The number of ether oxygens (including phenoxy) is 1. The van der Waals surface area contributed by atoms with Gasteiger partial charge in [-0.3, -0.25) is 4.79 Å². The van der Waals surface area contributed by atoms with Crippen molar-refractivity contribution in [2.75, 3.05) is 0 Å². The van der Waals surface area contributed by atoms with Crippen LogP contribution < -0.4 is 4.74 Å². The average molecular weight is 287 g/mol. The van der Waals surface area contributed by atoms with Gasteiger partial charge < -0.3 is 4.74 Å². The highest BCUT2D eigenvalue weighted by Crippen LogP contribution is 2.34. The summed E-state index contributed by atoms with van der Waals surface area (Å²) < 4.78 is 19.6. The van der Waals surface area contributed by atoms with Crippen LogP contribution in [-0.2, 0) is 4.79 Å². The number of benzene rings is 1. The minimum absolute atomic E-state index is 0.224. The number of pyridine rings is 1. The lowest BCUT2D eigenvalue weighted by Crippen LogP contribution is -2.06. The lowest BCUT2D eigenvalue weighted by atomic mass is 10.0. The summed E-state index contributed by atoms with van der Waals surface area (Å²) in [5.74, 6) is -0.464. The summed E-state index contributed by atoms with van der Waals surface area (Å²) in [6.07, 6.45) is 1.90. The zero-order chi connectivity index (χ0) is 15.7. The normalized spacial score (nSPS) is 11.8. The summed E-state index contributed by atoms with van der Waals surface area (Å²) in [5, 5.41) is 0.518. The Morgan fingerprint density at radius 3 is 2.52 bits per heavy atom. The molecule has 0 aliphatic heterocycles. The molecule has 3 nitrogen and oxygen atoms in total. The van der Waals surface area contributed by atoms with Crippen molar-refractivity contribution in [1.29, 1.82) is 0 Å². The molecular weight excluding hydrogens is 269 g/mol. The molecule has 0 N–H and O–H groups in total. The van der Waals surface area contributed by atoms with Gasteiger partial charge in [0.15, 0.2) is 0 Å². The average Bonchev–Trinajstić information content (AvgIpc) is 2.43. The summed E-state index contributed by atoms with van der Waals surface area (Å²) in [4.78, 5) is 15.6. The summed E-state index contributed by atoms with van der Waals surface area (Å²) in [5.41, 5.74) is 3.31. The third-order valence-electron chi connectivity index (χ3n) is 3.60. The second kappa shape index (κ2) is 5.64. The van der Waals surface area contributed by atoms with Crippen molar-refractivity contribution in [3.63, 3.8) is 0 Å². The van der Waals surface area contributed by atoms with Crippen molar-refractivity contribution in [1.82, 2.24) is 4.98 Å². The van der Waals surface area contributed by atoms with Crippen LogP contribution in [0.3, 0.4) is 0 Å². The number of aromatic nitrogens is 1. The van der Waals surface area contributed by atoms with Crippen molar-refractivity contribution >= 4 is 22.4 Å². The largest absolute Gasteiger partial charge is 0.426 e. The second-order valence-corrected chi connectivity index (χ2v) is 5.07. The first-order valence-corrected chi connectivity index (χ1v) is 6.77. The van der Waals surface area contributed by atoms with Crippen molar-refractivity contribution in [2.24, 2.45) is 0 Å². The molecule has 1 heterocycles. The molecule has 110 valence electrons. The first-order valence-electron chi connectivity index (χ1n) is 6.77. The van der Waals surface area contributed by atoms with Crippen molar-refractivity contribution in [2.45, 2.75) is 34.6 Å². The molecule has 0 spiro atoms. The highest BCUT2D eigenvalue weighted by atomic mass is 19.1. The Labute approximate surface area is 123 Å². The molecule has 0 amide bonds. The third-order valence-corrected chi connectivity index (χ3v) is 3.60. The Morgan fingerprint density at radius 2 is 1.95 bits per heavy atom. The van der Waals surface area contributed by atoms with E-state index < -0.39 is 11.8 Å². The molecule has 1 aromatic carbocycles. The SMILES string of the molecule is CC=C(C)c1cc(F)c2nc(C)c(C)c(OC(C)=O)c2c1. The second-order valence-electron chi connectivity index (χ2n) is 5.07. The number of carbonyl (C=O) groups excluding carboxylic acids is 1. The van der Waals surface area contributed by atoms with Gasteiger partial charge in [0, 0.05) is 23.6 Å². The molecule has 0 radical (unpaired) electrons. The topological polar surface area (TPSA) is 39.2 Å². The highest BCUT2D eigenvalue weighted by Gasteiger charge is 2.16. The summed E-state index contributed by atoms with van der Waals surface area (Å²) in [7, 11) is 0. The van der Waals surface area contributed by atoms with Gasteiger partial charge in [0.2, 0.25) is 0 Å². The fourth-order valence-electron chi connectivity index (χ4n) is 2.17. The van der Waals surface area contributed by atoms with E-state index in [0.717, 1.165) is 16.7 Å². The van der Waals surface area contributed by atoms with Crippen LogP contribution in [0.15, 0.2) is 18.2 Å². The van der Waals surface area contributed by atoms with Gasteiger partial charge in [0.25, 0.3) is 0 Å². The van der Waals surface area contributed by atoms with Crippen LogP contribution in [0.4, 0.5) is 4.39 Å². The Bertz CT molecular complexity index is 763. The van der Waals surface area contributed by atoms with E-state index in [0.29, 0.717) is 16.8 Å². The van der Waals surface area contributed by atoms with Gasteiger partial charge >= 0.3 is 5.97 Å². The Kier molecular flexibility index (Phi) is 4.07. The lowest BCUT2D eigenvalue weighted by Gasteiger charge is -2.13. The predicted molar refractivity (Wildman–Crippen MR) is 81.8 cm³/mol. The molecule has 0 saturated heterocycles. The van der Waals surface area contributed by atoms with E-state index in [1.54, 1.807) is 6.92 Å². The van der Waals surface area contributed by atoms with E-state index in [1.165, 1.54) is 13.0 Å². The van der Waals surface area contributed by atoms with Gasteiger partial charge in [-0.2, -0.15) is 0 Å². The third kappa shape index (κ3) is 2.79. The molecule has 0 saturated carbocycles. The smallest absolute Gasteiger partial charge is 0.308 e. The van der Waals surface area contributed by atoms with Gasteiger partial charge in [-0.1, -0.05) is 6.08 Å². The molecule has 0 aliphatic carbocycles. The molecule has 4 heteroatoms. The van der Waals surface area contributed by atoms with E-state index in [4.69, 9.17) is 4.74 Å². The van der Waals surface area contributed by atoms with Crippen LogP contribution in [0, 0.1) is 19.7 Å². The minimum Gasteiger partial charge on any atom is -0.426 e. The summed E-state index contributed by atoms with van der Waals surface area (Å²) in [6.45, 7) is 8.71. The van der Waals surface area contributed by atoms with Gasteiger partial charge in [-0.25, -0.2) is 9.37 Å². The zero-order valence-electron chi connectivity index (χ0n) is 12.9. The number of rotatable bonds is 2. The Balaban J connectivity index is 2.87. The number of halogens is 1. The summed E-state index contributed by atoms with van der Waals surface area (Å²) >= 11 is 0. The van der Waals surface area contributed by atoms with E-state index in [2.05, 4.69) is 4.98 Å². The standard InChI is InChI=1S/C17H18FNO2/c1-6-9(2)13-7-14-16(15(18)8-13)19-11(4)10(3)17(14)21-12(5)20/h6-8H,1-5H3. The van der Waals surface area contributed by atoms with Crippen molar-refractivity contribution in [3.8, 4) is 5.75 Å². The highest BCUT2D eigenvalue weighted by molar-refractivity contribution is 5.92. The molecule has 0 atom stereocenters. The number of allylic oxidation sites excluding steroid dienone is 2. The van der Waals surface area contributed by atoms with Crippen LogP contribution in [0.5, 0.6) is 5.75 Å². The minimum atomic E-state index is -0.432. The Hall–Kier alpha value is -2.23. The molecular formula is C17H18FNO2. The van der Waals surface area contributed by atoms with Crippen LogP contribution in [-0.4, -0.2) is 11.0 Å². The molecule has 2 aromatic rings. The Morgan fingerprint density at radius 1 is 1.29 bits per heavy atom. The maximum atomic E-state index is 14.3. The van der Waals surface area contributed by atoms with E-state index in [-0.39, 0.29) is 5.52 Å². The van der Waals surface area contributed by atoms with Crippen LogP contribution >= 0.6 is 0 Å². The monoisotopic (exact) mass is 287 g/mol. The van der Waals surface area contributed by atoms with Crippen LogP contribution in [0.1, 0.15) is 37.6 Å². The van der Waals surface area contributed by atoms with Gasteiger partial charge in [0.05, 0.1) is 0 Å². The molecule has 1 aromatic heterocycles. The zero-order valence-corrected chi connectivity index (χ0v) is 12.9. The number of aryl methyl sites for hydroxylation is 1. The van der Waals surface area contributed by atoms with E-state index in [9.17, 15) is 9.18 Å². The van der Waals surface area contributed by atoms with E-state index in [1.807, 2.05) is 32.9 Å². The number of nitrogens with zero attached hydrogens (tertiary/aromatic N) is 1. The van der Waals surface area contributed by atoms with Crippen LogP contribution in [0.2, 0.25) is 0 Å². The van der Waals surface area contributed by atoms with Crippen LogP contribution in [0.25, 0.3) is 16.5 Å². The molecule has 21 heavy (non-hydrogen) atoms. The number of hydrogen-bond acceptors (Lipinski definition) is 3. The number of fused-ring (bicyclic) bond motifs is 1. The molecule has 0 fully saturated rings. The number of carbonyl (C=O) groups is 1. The lowest BCUT2D eigenvalue weighted by molar-refractivity contribution is -0.131. The first kappa shape index (κ1) is 15.2. The fraction of sp³-hybridized carbons (Fsp3) is 0.294. The molecule has 0 aliphatic rings. The number of hydrogen-bond donors (Lipinski definition) is 0. The quantitative estimate of drug-likeness (QED) is 0.771. The van der Waals surface area contributed by atoms with Crippen molar-refractivity contribution < 1.29 is 13.9 Å². The summed E-state index contributed by atoms with van der Waals surface area (Å²) in [6, 6.07) is 3.27. The van der Waals surface area contributed by atoms with Gasteiger partial charge in [-0.05, 0) is 51.0 Å². The maximum absolute atomic E-state index is 14.3. The predicted octanol–water partition coefficient (Wildman–Crippen LogP) is 4.34.